The summed E-state index contributed by atoms with van der Waals surface area (Å²) in [6.45, 7) is 0. The highest BCUT2D eigenvalue weighted by atomic mass is 79.9. The first-order chi connectivity index (χ1) is 16.3. The van der Waals surface area contributed by atoms with Crippen molar-refractivity contribution in [3.63, 3.8) is 0 Å². The molecule has 0 radical (unpaired) electrons. The highest BCUT2D eigenvalue weighted by Gasteiger charge is 2.43. The molecule has 1 heteroatoms. The minimum absolute atomic E-state index is 0.255. The molecule has 5 aromatic carbocycles. The van der Waals surface area contributed by atoms with Crippen LogP contribution in [-0.4, -0.2) is 0 Å². The second-order valence-electron chi connectivity index (χ2n) is 8.99. The van der Waals surface area contributed by atoms with E-state index in [9.17, 15) is 0 Å². The minimum Gasteiger partial charge on any atom is -0.0622 e. The van der Waals surface area contributed by atoms with Crippen LogP contribution in [0.5, 0.6) is 0 Å². The van der Waals surface area contributed by atoms with E-state index in [-0.39, 0.29) is 11.8 Å². The molecule has 0 N–H and O–H groups in total. The molecule has 2 bridgehead atoms. The molecule has 0 saturated carbocycles. The topological polar surface area (TPSA) is 0 Å². The molecular weight excluding hydrogens is 464 g/mol. The van der Waals surface area contributed by atoms with Gasteiger partial charge in [-0.2, -0.15) is 0 Å². The van der Waals surface area contributed by atoms with E-state index in [1.165, 1.54) is 60.1 Å². The van der Waals surface area contributed by atoms with Crippen molar-refractivity contribution in [1.29, 1.82) is 0 Å². The Kier molecular flexibility index (Phi) is 4.22. The summed E-state index contributed by atoms with van der Waals surface area (Å²) in [6, 6.07) is 42.3. The minimum atomic E-state index is 0.255. The first kappa shape index (κ1) is 19.1. The Balaban J connectivity index is 1.50. The molecule has 0 nitrogen and oxygen atoms in total. The third kappa shape index (κ3) is 2.76. The van der Waals surface area contributed by atoms with Gasteiger partial charge in [0.25, 0.3) is 0 Å². The summed E-state index contributed by atoms with van der Waals surface area (Å²) in [5.41, 5.74) is 13.8. The number of rotatable bonds is 2. The molecule has 0 aliphatic heterocycles. The molecule has 5 aromatic rings. The van der Waals surface area contributed by atoms with E-state index in [4.69, 9.17) is 0 Å². The van der Waals surface area contributed by atoms with Crippen LogP contribution in [0, 0.1) is 0 Å². The predicted octanol–water partition coefficient (Wildman–Crippen LogP) is 8.77. The highest BCUT2D eigenvalue weighted by molar-refractivity contribution is 9.10. The van der Waals surface area contributed by atoms with Gasteiger partial charge in [0.1, 0.15) is 0 Å². The van der Waals surface area contributed by atoms with Gasteiger partial charge in [0, 0.05) is 16.3 Å². The molecule has 0 fully saturated rings. The maximum Gasteiger partial charge on any atom is 0.0360 e. The molecule has 0 spiro atoms. The third-order valence-electron chi connectivity index (χ3n) is 7.33. The van der Waals surface area contributed by atoms with Crippen molar-refractivity contribution < 1.29 is 0 Å². The first-order valence-corrected chi connectivity index (χ1v) is 12.3. The fraction of sp³-hybridized carbons (Fsp3) is 0.0625. The lowest BCUT2D eigenvalue weighted by Crippen LogP contribution is -2.28. The number of hydrogen-bond acceptors (Lipinski definition) is 0. The van der Waals surface area contributed by atoms with E-state index in [2.05, 4.69) is 131 Å². The molecule has 156 valence electrons. The van der Waals surface area contributed by atoms with Gasteiger partial charge in [-0.25, -0.2) is 0 Å². The van der Waals surface area contributed by atoms with Gasteiger partial charge >= 0.3 is 0 Å². The van der Waals surface area contributed by atoms with Crippen molar-refractivity contribution in [3.8, 4) is 22.3 Å². The number of hydrogen-bond donors (Lipinski definition) is 0. The second-order valence-corrected chi connectivity index (χ2v) is 9.85. The Labute approximate surface area is 202 Å². The first-order valence-electron chi connectivity index (χ1n) is 11.5. The summed E-state index contributed by atoms with van der Waals surface area (Å²) in [4.78, 5) is 0. The van der Waals surface area contributed by atoms with Crippen molar-refractivity contribution in [2.75, 3.05) is 0 Å². The number of benzene rings is 5. The molecule has 3 aliphatic rings. The Bertz CT molecular complexity index is 1480. The lowest BCUT2D eigenvalue weighted by Gasteiger charge is -2.43. The maximum atomic E-state index is 3.95. The molecular formula is C32H21Br. The Hall–Kier alpha value is -3.42. The fourth-order valence-electron chi connectivity index (χ4n) is 5.99. The molecule has 33 heavy (non-hydrogen) atoms. The summed E-state index contributed by atoms with van der Waals surface area (Å²) >= 11 is 3.95. The molecule has 0 heterocycles. The monoisotopic (exact) mass is 484 g/mol. The fourth-order valence-corrected chi connectivity index (χ4v) is 6.57. The van der Waals surface area contributed by atoms with Gasteiger partial charge in [0.15, 0.2) is 0 Å². The largest absolute Gasteiger partial charge is 0.0622 e. The molecule has 0 amide bonds. The normalized spacial score (nSPS) is 17.2. The van der Waals surface area contributed by atoms with Gasteiger partial charge in [0.2, 0.25) is 0 Å². The van der Waals surface area contributed by atoms with Crippen LogP contribution in [0.2, 0.25) is 0 Å². The zero-order valence-corrected chi connectivity index (χ0v) is 19.6. The van der Waals surface area contributed by atoms with E-state index in [1.807, 2.05) is 0 Å². The second kappa shape index (κ2) is 7.30. The van der Waals surface area contributed by atoms with Gasteiger partial charge in [-0.15, -0.1) is 0 Å². The Morgan fingerprint density at radius 1 is 0.424 bits per heavy atom. The highest BCUT2D eigenvalue weighted by Crippen LogP contribution is 2.59. The molecule has 0 atom stereocenters. The van der Waals surface area contributed by atoms with Gasteiger partial charge in [-0.05, 0) is 67.8 Å². The van der Waals surface area contributed by atoms with E-state index >= 15 is 0 Å². The van der Waals surface area contributed by atoms with Crippen LogP contribution in [0.4, 0.5) is 0 Å². The SMILES string of the molecule is Brc1ccc(-c2cccc(-c3ccccc3)c2)c2c1C1c3ccccc3C2c2ccccc21. The third-order valence-corrected chi connectivity index (χ3v) is 8.02. The van der Waals surface area contributed by atoms with E-state index in [1.54, 1.807) is 0 Å². The zero-order chi connectivity index (χ0) is 21.9. The summed E-state index contributed by atoms with van der Waals surface area (Å²) in [6.07, 6.45) is 0. The summed E-state index contributed by atoms with van der Waals surface area (Å²) < 4.78 is 1.21. The van der Waals surface area contributed by atoms with Gasteiger partial charge in [0.05, 0.1) is 0 Å². The van der Waals surface area contributed by atoms with E-state index in [0.717, 1.165) is 0 Å². The van der Waals surface area contributed by atoms with Crippen molar-refractivity contribution in [2.45, 2.75) is 11.8 Å². The van der Waals surface area contributed by atoms with Crippen LogP contribution in [0.3, 0.4) is 0 Å². The standard InChI is InChI=1S/C32H21Br/c33-28-18-17-23(22-12-8-11-21(19-22)20-9-2-1-3-10-20)31-29-24-13-4-6-15-26(24)30(32(28)31)27-16-7-5-14-25(27)29/h1-19,29-30H. The van der Waals surface area contributed by atoms with Crippen LogP contribution in [-0.2, 0) is 0 Å². The Morgan fingerprint density at radius 2 is 0.939 bits per heavy atom. The van der Waals surface area contributed by atoms with Crippen LogP contribution in [0.1, 0.15) is 45.2 Å². The lowest BCUT2D eigenvalue weighted by atomic mass is 9.60. The quantitative estimate of drug-likeness (QED) is 0.230. The van der Waals surface area contributed by atoms with Crippen molar-refractivity contribution in [1.82, 2.24) is 0 Å². The summed E-state index contributed by atoms with van der Waals surface area (Å²) in [5.74, 6) is 0.523. The van der Waals surface area contributed by atoms with E-state index < -0.39 is 0 Å². The zero-order valence-electron chi connectivity index (χ0n) is 18.0. The van der Waals surface area contributed by atoms with Crippen LogP contribution < -0.4 is 0 Å². The molecule has 3 aliphatic carbocycles. The maximum absolute atomic E-state index is 3.95. The molecule has 0 aromatic heterocycles. The van der Waals surface area contributed by atoms with Gasteiger partial charge in [-0.3, -0.25) is 0 Å². The Morgan fingerprint density at radius 3 is 1.58 bits per heavy atom. The van der Waals surface area contributed by atoms with Crippen molar-refractivity contribution >= 4 is 15.9 Å². The van der Waals surface area contributed by atoms with Crippen molar-refractivity contribution in [2.24, 2.45) is 0 Å². The lowest BCUT2D eigenvalue weighted by molar-refractivity contribution is 0.752. The average Bonchev–Trinajstić information content (AvgIpc) is 2.89. The van der Waals surface area contributed by atoms with Gasteiger partial charge in [-0.1, -0.05) is 119 Å². The average molecular weight is 485 g/mol. The summed E-state index contributed by atoms with van der Waals surface area (Å²) in [7, 11) is 0. The van der Waals surface area contributed by atoms with Crippen LogP contribution in [0.15, 0.2) is 120 Å². The number of halogens is 1. The summed E-state index contributed by atoms with van der Waals surface area (Å²) in [5, 5.41) is 0. The van der Waals surface area contributed by atoms with E-state index in [0.29, 0.717) is 0 Å². The van der Waals surface area contributed by atoms with Gasteiger partial charge < -0.3 is 0 Å². The predicted molar refractivity (Wildman–Crippen MR) is 140 cm³/mol. The molecule has 0 saturated heterocycles. The molecule has 8 rings (SSSR count). The smallest absolute Gasteiger partial charge is 0.0360 e. The van der Waals surface area contributed by atoms with Crippen molar-refractivity contribution in [3.05, 3.63) is 153 Å². The van der Waals surface area contributed by atoms with Crippen LogP contribution in [0.25, 0.3) is 22.3 Å². The van der Waals surface area contributed by atoms with Crippen LogP contribution >= 0.6 is 15.9 Å². The molecule has 0 unspecified atom stereocenters.